The van der Waals surface area contributed by atoms with Crippen molar-refractivity contribution in [3.05, 3.63) is 58.7 Å². The Morgan fingerprint density at radius 3 is 1.19 bits per heavy atom. The van der Waals surface area contributed by atoms with Gasteiger partial charge in [-0.05, 0) is 23.7 Å². The maximum absolute atomic E-state index is 2.54. The molecule has 0 atom stereocenters. The Bertz CT molecular complexity index is 997. The molecule has 2 aliphatic heterocycles. The molecule has 4 heteroatoms. The van der Waals surface area contributed by atoms with Crippen molar-refractivity contribution in [2.75, 3.05) is 42.6 Å². The summed E-state index contributed by atoms with van der Waals surface area (Å²) in [5.74, 6) is 2.05. The van der Waals surface area contributed by atoms with Crippen LogP contribution in [0.3, 0.4) is 0 Å². The molecule has 2 heterocycles. The van der Waals surface area contributed by atoms with Crippen LogP contribution in [0, 0.1) is 0 Å². The average Bonchev–Trinajstić information content (AvgIpc) is 2.87. The van der Waals surface area contributed by atoms with Gasteiger partial charge in [0.15, 0.2) is 0 Å². The summed E-state index contributed by atoms with van der Waals surface area (Å²) in [6.45, 7) is 23.9. The summed E-state index contributed by atoms with van der Waals surface area (Å²) in [6, 6.07) is 13.8. The summed E-state index contributed by atoms with van der Waals surface area (Å²) in [6.07, 6.45) is 7.19. The van der Waals surface area contributed by atoms with E-state index in [-0.39, 0.29) is 0 Å². The van der Waals surface area contributed by atoms with Gasteiger partial charge in [-0.2, -0.15) is 0 Å². The molecule has 0 spiro atoms. The van der Waals surface area contributed by atoms with Crippen molar-refractivity contribution >= 4 is 24.1 Å². The highest BCUT2D eigenvalue weighted by atomic mass is 15.3. The number of nitrogens with zero attached hydrogens (tertiary/aromatic N) is 4. The van der Waals surface area contributed by atoms with Crippen molar-refractivity contribution in [3.8, 4) is 0 Å². The van der Waals surface area contributed by atoms with E-state index >= 15 is 0 Å². The quantitative estimate of drug-likeness (QED) is 0.350. The van der Waals surface area contributed by atoms with Gasteiger partial charge in [-0.15, -0.1) is 0 Å². The molecule has 0 saturated heterocycles. The molecule has 0 unspecified atom stereocenters. The average molecular weight is 503 g/mol. The molecular formula is C33H50N4+2. The SMILES string of the molecule is CC(C)c1cccc(C(C)C)c1N1C=[N+](C[N+]2=CN(c3c(C(C)C)cccc3C(C)C)CCC2)CCC1. The van der Waals surface area contributed by atoms with E-state index in [9.17, 15) is 0 Å². The first kappa shape index (κ1) is 27.4. The Morgan fingerprint density at radius 2 is 0.892 bits per heavy atom. The number of benzene rings is 2. The summed E-state index contributed by atoms with van der Waals surface area (Å²) in [5.41, 5.74) is 8.74. The molecule has 0 fully saturated rings. The van der Waals surface area contributed by atoms with Crippen LogP contribution in [0.15, 0.2) is 36.4 Å². The van der Waals surface area contributed by atoms with Crippen LogP contribution in [0.2, 0.25) is 0 Å². The molecular weight excluding hydrogens is 452 g/mol. The van der Waals surface area contributed by atoms with Gasteiger partial charge in [0.25, 0.3) is 0 Å². The maximum Gasteiger partial charge on any atom is 0.242 e. The third-order valence-electron chi connectivity index (χ3n) is 7.92. The topological polar surface area (TPSA) is 12.5 Å². The van der Waals surface area contributed by atoms with E-state index in [1.807, 2.05) is 0 Å². The van der Waals surface area contributed by atoms with Crippen molar-refractivity contribution in [3.63, 3.8) is 0 Å². The van der Waals surface area contributed by atoms with Crippen LogP contribution < -0.4 is 9.80 Å². The fourth-order valence-corrected chi connectivity index (χ4v) is 5.99. The molecule has 0 amide bonds. The first-order valence-electron chi connectivity index (χ1n) is 14.6. The second-order valence-corrected chi connectivity index (χ2v) is 12.3. The lowest BCUT2D eigenvalue weighted by Gasteiger charge is -2.28. The Kier molecular flexibility index (Phi) is 8.77. The lowest BCUT2D eigenvalue weighted by Crippen LogP contribution is -2.44. The van der Waals surface area contributed by atoms with Gasteiger partial charge < -0.3 is 0 Å². The zero-order chi connectivity index (χ0) is 26.7. The Balaban J connectivity index is 1.65. The minimum absolute atomic E-state index is 0.512. The Hall–Kier alpha value is -2.62. The van der Waals surface area contributed by atoms with Gasteiger partial charge in [0.05, 0.1) is 26.2 Å². The summed E-state index contributed by atoms with van der Waals surface area (Å²) in [4.78, 5) is 5.08. The van der Waals surface area contributed by atoms with Crippen LogP contribution >= 0.6 is 0 Å². The lowest BCUT2D eigenvalue weighted by atomic mass is 9.92. The summed E-state index contributed by atoms with van der Waals surface area (Å²) >= 11 is 0. The fourth-order valence-electron chi connectivity index (χ4n) is 5.99. The van der Waals surface area contributed by atoms with Crippen LogP contribution in [0.25, 0.3) is 0 Å². The highest BCUT2D eigenvalue weighted by molar-refractivity contribution is 5.82. The second kappa shape index (κ2) is 11.8. The highest BCUT2D eigenvalue weighted by Crippen LogP contribution is 2.36. The van der Waals surface area contributed by atoms with Crippen LogP contribution in [-0.4, -0.2) is 54.7 Å². The van der Waals surface area contributed by atoms with Gasteiger partial charge in [-0.1, -0.05) is 91.8 Å². The zero-order valence-electron chi connectivity index (χ0n) is 24.7. The van der Waals surface area contributed by atoms with Gasteiger partial charge in [0.2, 0.25) is 19.3 Å². The van der Waals surface area contributed by atoms with Crippen LogP contribution in [0.4, 0.5) is 11.4 Å². The number of anilines is 2. The predicted molar refractivity (Wildman–Crippen MR) is 160 cm³/mol. The zero-order valence-corrected chi connectivity index (χ0v) is 24.7. The molecule has 0 saturated carbocycles. The Morgan fingerprint density at radius 1 is 0.568 bits per heavy atom. The molecule has 2 aliphatic rings. The van der Waals surface area contributed by atoms with E-state index < -0.39 is 0 Å². The third-order valence-corrected chi connectivity index (χ3v) is 7.92. The molecule has 4 rings (SSSR count). The van der Waals surface area contributed by atoms with Gasteiger partial charge >= 0.3 is 0 Å². The van der Waals surface area contributed by atoms with Gasteiger partial charge in [0, 0.05) is 35.1 Å². The van der Waals surface area contributed by atoms with Crippen molar-refractivity contribution in [1.29, 1.82) is 0 Å². The molecule has 4 nitrogen and oxygen atoms in total. The minimum Gasteiger partial charge on any atom is -0.233 e. The van der Waals surface area contributed by atoms with Gasteiger partial charge in [-0.3, -0.25) is 0 Å². The first-order chi connectivity index (χ1) is 17.7. The highest BCUT2D eigenvalue weighted by Gasteiger charge is 2.29. The van der Waals surface area contributed by atoms with Crippen molar-refractivity contribution < 1.29 is 9.15 Å². The smallest absolute Gasteiger partial charge is 0.233 e. The lowest BCUT2D eigenvalue weighted by molar-refractivity contribution is -0.727. The first-order valence-corrected chi connectivity index (χ1v) is 14.6. The summed E-state index contributed by atoms with van der Waals surface area (Å²) in [5, 5.41) is 0. The van der Waals surface area contributed by atoms with E-state index in [0.717, 1.165) is 32.8 Å². The molecule has 0 N–H and O–H groups in total. The van der Waals surface area contributed by atoms with Crippen LogP contribution in [0.5, 0.6) is 0 Å². The molecule has 0 aromatic heterocycles. The summed E-state index contributed by atoms with van der Waals surface area (Å²) < 4.78 is 5.06. The number of rotatable bonds is 8. The molecule has 0 radical (unpaired) electrons. The van der Waals surface area contributed by atoms with Crippen LogP contribution in [0.1, 0.15) is 114 Å². The molecule has 2 aromatic carbocycles. The van der Waals surface area contributed by atoms with E-state index in [0.29, 0.717) is 23.7 Å². The van der Waals surface area contributed by atoms with E-state index in [4.69, 9.17) is 0 Å². The number of para-hydroxylation sites is 2. The predicted octanol–water partition coefficient (Wildman–Crippen LogP) is 7.34. The van der Waals surface area contributed by atoms with Crippen LogP contribution in [-0.2, 0) is 0 Å². The maximum atomic E-state index is 2.54. The number of hydrogen-bond donors (Lipinski definition) is 0. The molecule has 200 valence electrons. The van der Waals surface area contributed by atoms with E-state index in [1.165, 1.54) is 46.5 Å². The van der Waals surface area contributed by atoms with E-state index in [2.05, 4.69) is 123 Å². The molecule has 0 aliphatic carbocycles. The summed E-state index contributed by atoms with van der Waals surface area (Å²) in [7, 11) is 0. The van der Waals surface area contributed by atoms with E-state index in [1.54, 1.807) is 0 Å². The normalized spacial score (nSPS) is 16.8. The second-order valence-electron chi connectivity index (χ2n) is 12.3. The Labute approximate surface area is 226 Å². The largest absolute Gasteiger partial charge is 0.242 e. The number of hydrogen-bond acceptors (Lipinski definition) is 2. The molecule has 2 aromatic rings. The van der Waals surface area contributed by atoms with Crippen molar-refractivity contribution in [2.45, 2.75) is 91.9 Å². The van der Waals surface area contributed by atoms with Crippen molar-refractivity contribution in [2.24, 2.45) is 0 Å². The van der Waals surface area contributed by atoms with Gasteiger partial charge in [0.1, 0.15) is 11.4 Å². The monoisotopic (exact) mass is 502 g/mol. The minimum atomic E-state index is 0.512. The van der Waals surface area contributed by atoms with Crippen molar-refractivity contribution in [1.82, 2.24) is 0 Å². The molecule has 0 bridgehead atoms. The van der Waals surface area contributed by atoms with Gasteiger partial charge in [-0.25, -0.2) is 19.0 Å². The standard InChI is InChI=1S/C33H50N4/c1-24(2)28-13-9-14-29(25(3)4)32(28)36-19-11-17-34(22-36)21-35-18-12-20-37(23-35)33-30(26(5)6)15-10-16-31(33)27(7)8/h9-10,13-16,22-27H,11-12,17-21H2,1-8H3/q+2. The fraction of sp³-hybridized carbons (Fsp3) is 0.576. The molecule has 37 heavy (non-hydrogen) atoms. The third kappa shape index (κ3) is 6.10.